The van der Waals surface area contributed by atoms with Gasteiger partial charge >= 0.3 is 5.97 Å². The average Bonchev–Trinajstić information content (AvgIpc) is 3.24. The second kappa shape index (κ2) is 9.33. The highest BCUT2D eigenvalue weighted by Gasteiger charge is 2.40. The lowest BCUT2D eigenvalue weighted by molar-refractivity contribution is -0.145. The number of carboxylic acid groups (broad SMARTS) is 1. The molecule has 172 valence electrons. The van der Waals surface area contributed by atoms with Crippen molar-refractivity contribution in [2.24, 2.45) is 5.92 Å². The Morgan fingerprint density at radius 3 is 2.66 bits per heavy atom. The molecule has 3 N–H and O–H groups in total. The Morgan fingerprint density at radius 1 is 1.16 bits per heavy atom. The molecule has 1 aliphatic carbocycles. The van der Waals surface area contributed by atoms with Gasteiger partial charge in [-0.3, -0.25) is 14.5 Å². The number of hydrogen-bond donors (Lipinski definition) is 3. The highest BCUT2D eigenvalue weighted by atomic mass is 19.1. The number of amides is 1. The van der Waals surface area contributed by atoms with E-state index in [9.17, 15) is 28.6 Å². The first-order valence-corrected chi connectivity index (χ1v) is 10.7. The van der Waals surface area contributed by atoms with Gasteiger partial charge in [0.05, 0.1) is 17.6 Å². The Bertz CT molecular complexity index is 998. The average molecular weight is 449 g/mol. The van der Waals surface area contributed by atoms with Crippen LogP contribution in [0.15, 0.2) is 28.8 Å². The molecule has 8 nitrogen and oxygen atoms in total. The maximum atomic E-state index is 14.0. The summed E-state index contributed by atoms with van der Waals surface area (Å²) in [6.45, 7) is 0.786. The van der Waals surface area contributed by atoms with Crippen molar-refractivity contribution in [1.29, 1.82) is 0 Å². The standard InChI is InChI=1S/C22H25F2N3O5/c23-12-5-6-13(15(24)9-12)20-10-17(26-32-20)21(29)25-16-7-8-27(11-14(16)22(30)31)18-3-1-2-4-19(18)28/h5-6,9-10,14,16,18-19,28H,1-4,7-8,11H2,(H,25,29)(H,30,31)/t14-,16-,18+,19+/m1/s1. The van der Waals surface area contributed by atoms with Gasteiger partial charge in [0.25, 0.3) is 5.91 Å². The fraction of sp³-hybridized carbons (Fsp3) is 0.500. The second-order valence-electron chi connectivity index (χ2n) is 8.43. The van der Waals surface area contributed by atoms with Gasteiger partial charge in [0.15, 0.2) is 11.5 Å². The van der Waals surface area contributed by atoms with Gasteiger partial charge in [-0.25, -0.2) is 8.78 Å². The lowest BCUT2D eigenvalue weighted by Crippen LogP contribution is -2.58. The van der Waals surface area contributed by atoms with Crippen molar-refractivity contribution in [1.82, 2.24) is 15.4 Å². The van der Waals surface area contributed by atoms with Gasteiger partial charge in [-0.05, 0) is 31.4 Å². The number of piperidine rings is 1. The minimum atomic E-state index is -1.03. The quantitative estimate of drug-likeness (QED) is 0.642. The van der Waals surface area contributed by atoms with Crippen LogP contribution in [0.3, 0.4) is 0 Å². The van der Waals surface area contributed by atoms with Crippen LogP contribution in [0.1, 0.15) is 42.6 Å². The predicted octanol–water partition coefficient (Wildman–Crippen LogP) is 2.43. The molecule has 0 bridgehead atoms. The Hall–Kier alpha value is -2.85. The third kappa shape index (κ3) is 4.66. The summed E-state index contributed by atoms with van der Waals surface area (Å²) in [5.74, 6) is -4.14. The number of carbonyl (C=O) groups excluding carboxylic acids is 1. The molecule has 1 amide bonds. The van der Waals surface area contributed by atoms with E-state index in [1.54, 1.807) is 0 Å². The molecule has 0 spiro atoms. The van der Waals surface area contributed by atoms with E-state index in [4.69, 9.17) is 4.52 Å². The Labute approximate surface area is 183 Å². The van der Waals surface area contributed by atoms with E-state index >= 15 is 0 Å². The molecule has 2 aromatic rings. The zero-order valence-corrected chi connectivity index (χ0v) is 17.3. The number of aromatic nitrogens is 1. The first kappa shape index (κ1) is 22.3. The van der Waals surface area contributed by atoms with Crippen molar-refractivity contribution in [2.45, 2.75) is 50.3 Å². The number of rotatable bonds is 5. The van der Waals surface area contributed by atoms with Crippen molar-refractivity contribution < 1.29 is 33.1 Å². The van der Waals surface area contributed by atoms with Crippen LogP contribution in [0.4, 0.5) is 8.78 Å². The number of aliphatic hydroxyl groups excluding tert-OH is 1. The zero-order valence-electron chi connectivity index (χ0n) is 17.3. The van der Waals surface area contributed by atoms with Crippen molar-refractivity contribution in [2.75, 3.05) is 13.1 Å². The number of carbonyl (C=O) groups is 2. The van der Waals surface area contributed by atoms with E-state index < -0.39 is 41.6 Å². The van der Waals surface area contributed by atoms with Crippen molar-refractivity contribution in [3.8, 4) is 11.3 Å². The molecule has 1 aromatic heterocycles. The third-order valence-corrected chi connectivity index (χ3v) is 6.38. The van der Waals surface area contributed by atoms with Gasteiger partial charge in [0, 0.05) is 37.3 Å². The number of aliphatic carboxylic acids is 1. The Morgan fingerprint density at radius 2 is 1.94 bits per heavy atom. The fourth-order valence-corrected chi connectivity index (χ4v) is 4.66. The zero-order chi connectivity index (χ0) is 22.8. The summed E-state index contributed by atoms with van der Waals surface area (Å²) in [6, 6.07) is 3.49. The normalized spacial score (nSPS) is 26.6. The van der Waals surface area contributed by atoms with Crippen LogP contribution >= 0.6 is 0 Å². The molecule has 1 aromatic carbocycles. The summed E-state index contributed by atoms with van der Waals surface area (Å²) >= 11 is 0. The van der Waals surface area contributed by atoms with E-state index in [0.717, 1.165) is 25.3 Å². The predicted molar refractivity (Wildman–Crippen MR) is 109 cm³/mol. The molecular weight excluding hydrogens is 424 g/mol. The molecular formula is C22H25F2N3O5. The van der Waals surface area contributed by atoms with Crippen LogP contribution in [0.5, 0.6) is 0 Å². The van der Waals surface area contributed by atoms with Crippen LogP contribution in [-0.4, -0.2) is 63.4 Å². The summed E-state index contributed by atoms with van der Waals surface area (Å²) in [7, 11) is 0. The number of likely N-dealkylation sites (tertiary alicyclic amines) is 1. The number of nitrogens with one attached hydrogen (secondary N) is 1. The van der Waals surface area contributed by atoms with E-state index in [1.165, 1.54) is 12.1 Å². The van der Waals surface area contributed by atoms with E-state index in [-0.39, 0.29) is 29.6 Å². The highest BCUT2D eigenvalue weighted by Crippen LogP contribution is 2.29. The second-order valence-corrected chi connectivity index (χ2v) is 8.43. The van der Waals surface area contributed by atoms with E-state index in [2.05, 4.69) is 10.5 Å². The Balaban J connectivity index is 1.43. The van der Waals surface area contributed by atoms with Crippen molar-refractivity contribution in [3.05, 3.63) is 41.6 Å². The Kier molecular flexibility index (Phi) is 6.52. The summed E-state index contributed by atoms with van der Waals surface area (Å²) < 4.78 is 32.1. The maximum Gasteiger partial charge on any atom is 0.309 e. The molecule has 1 saturated heterocycles. The highest BCUT2D eigenvalue weighted by molar-refractivity contribution is 5.93. The number of nitrogens with zero attached hydrogens (tertiary/aromatic N) is 2. The molecule has 1 aliphatic heterocycles. The summed E-state index contributed by atoms with van der Waals surface area (Å²) in [6.07, 6.45) is 3.44. The first-order valence-electron chi connectivity index (χ1n) is 10.7. The third-order valence-electron chi connectivity index (χ3n) is 6.38. The summed E-state index contributed by atoms with van der Waals surface area (Å²) in [5, 5.41) is 26.4. The van der Waals surface area contributed by atoms with Crippen molar-refractivity contribution >= 4 is 11.9 Å². The van der Waals surface area contributed by atoms with Crippen LogP contribution in [0.25, 0.3) is 11.3 Å². The molecule has 2 fully saturated rings. The lowest BCUT2D eigenvalue weighted by Gasteiger charge is -2.43. The molecule has 1 saturated carbocycles. The van der Waals surface area contributed by atoms with Gasteiger partial charge < -0.3 is 20.1 Å². The number of aliphatic hydroxyl groups is 1. The molecule has 32 heavy (non-hydrogen) atoms. The molecule has 2 heterocycles. The number of halogens is 2. The molecule has 10 heteroatoms. The van der Waals surface area contributed by atoms with E-state index in [1.807, 2.05) is 4.90 Å². The minimum Gasteiger partial charge on any atom is -0.481 e. The number of benzene rings is 1. The van der Waals surface area contributed by atoms with Gasteiger partial charge in [-0.2, -0.15) is 0 Å². The summed E-state index contributed by atoms with van der Waals surface area (Å²) in [5.41, 5.74) is -0.168. The molecule has 0 radical (unpaired) electrons. The molecule has 4 rings (SSSR count). The molecule has 2 aliphatic rings. The molecule has 4 atom stereocenters. The largest absolute Gasteiger partial charge is 0.481 e. The van der Waals surface area contributed by atoms with Gasteiger partial charge in [-0.15, -0.1) is 0 Å². The first-order chi connectivity index (χ1) is 15.3. The molecule has 0 unspecified atom stereocenters. The van der Waals surface area contributed by atoms with Gasteiger partial charge in [-0.1, -0.05) is 18.0 Å². The fourth-order valence-electron chi connectivity index (χ4n) is 4.66. The number of carboxylic acids is 1. The van der Waals surface area contributed by atoms with Crippen molar-refractivity contribution in [3.63, 3.8) is 0 Å². The van der Waals surface area contributed by atoms with Gasteiger partial charge in [0.2, 0.25) is 0 Å². The smallest absolute Gasteiger partial charge is 0.309 e. The van der Waals surface area contributed by atoms with Crippen LogP contribution in [0, 0.1) is 17.6 Å². The minimum absolute atomic E-state index is 0.0384. The lowest BCUT2D eigenvalue weighted by atomic mass is 9.86. The van der Waals surface area contributed by atoms with Crippen LogP contribution < -0.4 is 5.32 Å². The van der Waals surface area contributed by atoms with Crippen LogP contribution in [-0.2, 0) is 4.79 Å². The topological polar surface area (TPSA) is 116 Å². The van der Waals surface area contributed by atoms with Gasteiger partial charge in [0.1, 0.15) is 11.6 Å². The summed E-state index contributed by atoms with van der Waals surface area (Å²) in [4.78, 5) is 26.6. The van der Waals surface area contributed by atoms with Crippen LogP contribution in [0.2, 0.25) is 0 Å². The monoisotopic (exact) mass is 449 g/mol. The van der Waals surface area contributed by atoms with E-state index in [0.29, 0.717) is 25.5 Å². The number of hydrogen-bond acceptors (Lipinski definition) is 6. The maximum absolute atomic E-state index is 14.0. The SMILES string of the molecule is O=C(N[C@@H]1CCN([C@H]2CCCC[C@@H]2O)C[C@H]1C(=O)O)c1cc(-c2ccc(F)cc2F)on1.